The van der Waals surface area contributed by atoms with E-state index in [0.717, 1.165) is 4.88 Å². The standard InChI is InChI=1S/C12H15BN2O6S/c16-6-8(7-17)15-12(19)5-10(13(20)21-15)14-11(18)4-9-2-1-3-22-9/h1-3,6,8,10,17,20H,4-5,7H2,(H,14,18). The van der Waals surface area contributed by atoms with Crippen LogP contribution in [0.3, 0.4) is 0 Å². The first-order valence-corrected chi connectivity index (χ1v) is 7.48. The van der Waals surface area contributed by atoms with Crippen molar-refractivity contribution in [3.05, 3.63) is 22.4 Å². The van der Waals surface area contributed by atoms with Crippen molar-refractivity contribution in [2.75, 3.05) is 6.61 Å². The van der Waals surface area contributed by atoms with Gasteiger partial charge in [0.25, 0.3) is 0 Å². The number of amides is 2. The Labute approximate surface area is 130 Å². The molecule has 10 heteroatoms. The monoisotopic (exact) mass is 326 g/mol. The van der Waals surface area contributed by atoms with E-state index in [1.54, 1.807) is 6.07 Å². The van der Waals surface area contributed by atoms with E-state index >= 15 is 0 Å². The lowest BCUT2D eigenvalue weighted by Gasteiger charge is -2.35. The molecule has 2 unspecified atom stereocenters. The number of rotatable bonds is 6. The van der Waals surface area contributed by atoms with Gasteiger partial charge in [-0.1, -0.05) is 6.07 Å². The van der Waals surface area contributed by atoms with E-state index in [9.17, 15) is 19.4 Å². The first-order valence-electron chi connectivity index (χ1n) is 6.60. The molecule has 0 aliphatic carbocycles. The van der Waals surface area contributed by atoms with Crippen LogP contribution in [0.5, 0.6) is 0 Å². The Hall–Kier alpha value is -1.75. The lowest BCUT2D eigenvalue weighted by molar-refractivity contribution is -0.180. The van der Waals surface area contributed by atoms with E-state index in [2.05, 4.69) is 5.32 Å². The molecule has 1 aromatic rings. The maximum Gasteiger partial charge on any atom is 0.502 e. The summed E-state index contributed by atoms with van der Waals surface area (Å²) in [5.74, 6) is -1.84. The number of carbonyl (C=O) groups excluding carboxylic acids is 3. The largest absolute Gasteiger partial charge is 0.502 e. The highest BCUT2D eigenvalue weighted by atomic mass is 32.1. The SMILES string of the molecule is O=CC(CO)N1OB(O)C(NC(=O)Cc2cccs2)CC1=O. The average molecular weight is 326 g/mol. The minimum Gasteiger partial charge on any atom is -0.424 e. The molecule has 1 aliphatic heterocycles. The fourth-order valence-corrected chi connectivity index (χ4v) is 2.72. The molecule has 2 heterocycles. The molecule has 2 amide bonds. The second-order valence-corrected chi connectivity index (χ2v) is 5.77. The molecule has 8 nitrogen and oxygen atoms in total. The summed E-state index contributed by atoms with van der Waals surface area (Å²) in [5.41, 5.74) is 0. The molecular weight excluding hydrogens is 311 g/mol. The van der Waals surface area contributed by atoms with Gasteiger partial charge in [0.05, 0.1) is 19.0 Å². The lowest BCUT2D eigenvalue weighted by atomic mass is 9.75. The first-order chi connectivity index (χ1) is 10.5. The fraction of sp³-hybridized carbons (Fsp3) is 0.417. The van der Waals surface area contributed by atoms with Gasteiger partial charge in [-0.25, -0.2) is 5.06 Å². The summed E-state index contributed by atoms with van der Waals surface area (Å²) in [6, 6.07) is 2.45. The van der Waals surface area contributed by atoms with E-state index in [-0.39, 0.29) is 18.7 Å². The van der Waals surface area contributed by atoms with Gasteiger partial charge in [-0.3, -0.25) is 14.3 Å². The molecule has 0 spiro atoms. The Balaban J connectivity index is 1.92. The van der Waals surface area contributed by atoms with E-state index in [1.165, 1.54) is 11.3 Å². The van der Waals surface area contributed by atoms with Crippen molar-refractivity contribution in [3.8, 4) is 0 Å². The number of hydrogen-bond donors (Lipinski definition) is 3. The van der Waals surface area contributed by atoms with Crippen molar-refractivity contribution in [1.29, 1.82) is 0 Å². The van der Waals surface area contributed by atoms with Crippen molar-refractivity contribution in [1.82, 2.24) is 10.4 Å². The second-order valence-electron chi connectivity index (χ2n) is 4.74. The van der Waals surface area contributed by atoms with Crippen molar-refractivity contribution in [2.24, 2.45) is 0 Å². The Morgan fingerprint density at radius 3 is 3.05 bits per heavy atom. The van der Waals surface area contributed by atoms with Gasteiger partial charge < -0.3 is 20.2 Å². The zero-order valence-electron chi connectivity index (χ0n) is 11.5. The van der Waals surface area contributed by atoms with E-state index in [0.29, 0.717) is 11.3 Å². The van der Waals surface area contributed by atoms with Gasteiger partial charge in [0.15, 0.2) is 0 Å². The van der Waals surface area contributed by atoms with Gasteiger partial charge in [0.1, 0.15) is 12.3 Å². The van der Waals surface area contributed by atoms with Crippen LogP contribution in [0.1, 0.15) is 11.3 Å². The topological polar surface area (TPSA) is 116 Å². The number of aliphatic hydroxyl groups is 1. The molecule has 3 N–H and O–H groups in total. The summed E-state index contributed by atoms with van der Waals surface area (Å²) in [7, 11) is -1.47. The quantitative estimate of drug-likeness (QED) is 0.434. The van der Waals surface area contributed by atoms with Gasteiger partial charge in [-0.05, 0) is 11.4 Å². The normalized spacial score (nSPS) is 19.9. The van der Waals surface area contributed by atoms with Gasteiger partial charge in [0.2, 0.25) is 11.8 Å². The van der Waals surface area contributed by atoms with Crippen molar-refractivity contribution >= 4 is 36.6 Å². The van der Waals surface area contributed by atoms with E-state index < -0.39 is 31.6 Å². The minimum absolute atomic E-state index is 0.145. The highest BCUT2D eigenvalue weighted by Crippen LogP contribution is 2.15. The summed E-state index contributed by atoms with van der Waals surface area (Å²) >= 11 is 1.43. The molecule has 2 rings (SSSR count). The van der Waals surface area contributed by atoms with Gasteiger partial charge >= 0.3 is 7.12 Å². The summed E-state index contributed by atoms with van der Waals surface area (Å²) in [6.45, 7) is -0.614. The van der Waals surface area contributed by atoms with Crippen LogP contribution in [0.4, 0.5) is 0 Å². The van der Waals surface area contributed by atoms with Crippen LogP contribution in [-0.4, -0.2) is 59.0 Å². The maximum absolute atomic E-state index is 11.9. The summed E-state index contributed by atoms with van der Waals surface area (Å²) in [5, 5.41) is 23.8. The third kappa shape index (κ3) is 3.92. The van der Waals surface area contributed by atoms with Crippen LogP contribution in [0.15, 0.2) is 17.5 Å². The van der Waals surface area contributed by atoms with Crippen LogP contribution in [0.2, 0.25) is 0 Å². The summed E-state index contributed by atoms with van der Waals surface area (Å²) in [6.07, 6.45) is 0.272. The molecular formula is C12H15BN2O6S. The molecule has 0 saturated carbocycles. The molecule has 2 atom stereocenters. The molecule has 0 bridgehead atoms. The van der Waals surface area contributed by atoms with E-state index in [1.807, 2.05) is 11.4 Å². The van der Waals surface area contributed by atoms with Crippen LogP contribution in [0.25, 0.3) is 0 Å². The zero-order valence-corrected chi connectivity index (χ0v) is 12.4. The Kier molecular flexibility index (Phi) is 5.66. The minimum atomic E-state index is -1.47. The van der Waals surface area contributed by atoms with Crippen molar-refractivity contribution < 1.29 is 29.3 Å². The zero-order chi connectivity index (χ0) is 16.1. The molecule has 0 aromatic carbocycles. The average Bonchev–Trinajstić information content (AvgIpc) is 2.98. The number of thiophene rings is 1. The third-order valence-electron chi connectivity index (χ3n) is 3.11. The maximum atomic E-state index is 11.9. The number of hydroxylamine groups is 2. The number of carbonyl (C=O) groups is 3. The van der Waals surface area contributed by atoms with Gasteiger partial charge in [-0.15, -0.1) is 11.3 Å². The predicted molar refractivity (Wildman–Crippen MR) is 77.4 cm³/mol. The van der Waals surface area contributed by atoms with Crippen LogP contribution >= 0.6 is 11.3 Å². The van der Waals surface area contributed by atoms with Crippen LogP contribution in [0, 0.1) is 0 Å². The molecule has 0 radical (unpaired) electrons. The lowest BCUT2D eigenvalue weighted by Crippen LogP contribution is -2.60. The number of aliphatic hydroxyl groups excluding tert-OH is 1. The molecule has 1 saturated heterocycles. The fourth-order valence-electron chi connectivity index (χ4n) is 2.01. The highest BCUT2D eigenvalue weighted by Gasteiger charge is 2.42. The van der Waals surface area contributed by atoms with Crippen molar-refractivity contribution in [2.45, 2.75) is 24.8 Å². The molecule has 1 aliphatic rings. The third-order valence-corrected chi connectivity index (χ3v) is 3.99. The number of aldehydes is 1. The van der Waals surface area contributed by atoms with Gasteiger partial charge in [-0.2, -0.15) is 0 Å². The Morgan fingerprint density at radius 1 is 1.68 bits per heavy atom. The number of nitrogens with zero attached hydrogens (tertiary/aromatic N) is 1. The van der Waals surface area contributed by atoms with Gasteiger partial charge in [0, 0.05) is 11.3 Å². The molecule has 1 aromatic heterocycles. The summed E-state index contributed by atoms with van der Waals surface area (Å²) in [4.78, 5) is 35.3. The summed E-state index contributed by atoms with van der Waals surface area (Å²) < 4.78 is 4.93. The van der Waals surface area contributed by atoms with Crippen LogP contribution in [-0.2, 0) is 25.6 Å². The molecule has 118 valence electrons. The van der Waals surface area contributed by atoms with E-state index in [4.69, 9.17) is 9.86 Å². The second kappa shape index (κ2) is 7.50. The van der Waals surface area contributed by atoms with Crippen LogP contribution < -0.4 is 5.32 Å². The molecule has 1 fully saturated rings. The number of nitrogens with one attached hydrogen (secondary N) is 1. The smallest absolute Gasteiger partial charge is 0.424 e. The number of hydrogen-bond acceptors (Lipinski definition) is 7. The van der Waals surface area contributed by atoms with Crippen molar-refractivity contribution in [3.63, 3.8) is 0 Å². The highest BCUT2D eigenvalue weighted by molar-refractivity contribution is 7.10. The Bertz CT molecular complexity index is 540. The predicted octanol–water partition coefficient (Wildman–Crippen LogP) is -1.48. The first kappa shape index (κ1) is 16.6. The molecule has 22 heavy (non-hydrogen) atoms. The Morgan fingerprint density at radius 2 is 2.45 bits per heavy atom.